The van der Waals surface area contributed by atoms with Gasteiger partial charge < -0.3 is 19.7 Å². The van der Waals surface area contributed by atoms with E-state index in [1.165, 1.54) is 19.3 Å². The summed E-state index contributed by atoms with van der Waals surface area (Å²) in [6.07, 6.45) is 3.02. The number of hydrogen-bond donors (Lipinski definition) is 2. The number of hydrogen-bond acceptors (Lipinski definition) is 4. The number of fused-ring (bicyclic) bond motifs is 1. The quantitative estimate of drug-likeness (QED) is 0.474. The van der Waals surface area contributed by atoms with Gasteiger partial charge in [0.1, 0.15) is 23.9 Å². The maximum atomic E-state index is 12.6. The van der Waals surface area contributed by atoms with Gasteiger partial charge in [0, 0.05) is 27.7 Å². The van der Waals surface area contributed by atoms with Gasteiger partial charge in [-0.25, -0.2) is 0 Å². The number of nitrogens with one attached hydrogen (secondary N) is 1. The summed E-state index contributed by atoms with van der Waals surface area (Å²) in [6, 6.07) is 13.8. The molecule has 1 aromatic heterocycles. The number of aliphatic carboxylic acids is 1. The van der Waals surface area contributed by atoms with E-state index in [0.717, 1.165) is 5.39 Å². The third-order valence-electron chi connectivity index (χ3n) is 4.20. The Bertz CT molecular complexity index is 1170. The molecule has 2 aromatic carbocycles. The number of anilines is 1. The van der Waals surface area contributed by atoms with Gasteiger partial charge in [0.2, 0.25) is 0 Å². The Labute approximate surface area is 171 Å². The highest BCUT2D eigenvalue weighted by molar-refractivity contribution is 6.31. The minimum atomic E-state index is -0.993. The second kappa shape index (κ2) is 8.50. The minimum Gasteiger partial charge on any atom is -0.495 e. The molecule has 0 saturated heterocycles. The van der Waals surface area contributed by atoms with Gasteiger partial charge in [-0.3, -0.25) is 9.59 Å². The SMILES string of the molecule is COc1ccc(Cl)cc1NC(=O)C(C#N)=Cc1cn(CC(=O)O)c2ccccc12. The lowest BCUT2D eigenvalue weighted by Crippen LogP contribution is -2.14. The molecule has 0 radical (unpaired) electrons. The molecule has 0 fully saturated rings. The van der Waals surface area contributed by atoms with Crippen molar-refractivity contribution in [3.63, 3.8) is 0 Å². The van der Waals surface area contributed by atoms with Gasteiger partial charge in [-0.1, -0.05) is 29.8 Å². The zero-order valence-corrected chi connectivity index (χ0v) is 16.1. The van der Waals surface area contributed by atoms with Crippen LogP contribution < -0.4 is 10.1 Å². The molecule has 3 aromatic rings. The van der Waals surface area contributed by atoms with Crippen molar-refractivity contribution in [3.05, 3.63) is 64.8 Å². The summed E-state index contributed by atoms with van der Waals surface area (Å²) >= 11 is 5.97. The Hall–Kier alpha value is -3.76. The zero-order valence-electron chi connectivity index (χ0n) is 15.3. The number of amides is 1. The van der Waals surface area contributed by atoms with Gasteiger partial charge in [0.25, 0.3) is 5.91 Å². The number of carboxylic acid groups (broad SMARTS) is 1. The van der Waals surface area contributed by atoms with Gasteiger partial charge in [-0.05, 0) is 30.3 Å². The van der Waals surface area contributed by atoms with Crippen molar-refractivity contribution in [2.45, 2.75) is 6.54 Å². The van der Waals surface area contributed by atoms with E-state index >= 15 is 0 Å². The predicted octanol–water partition coefficient (Wildman–Crippen LogP) is 3.93. The van der Waals surface area contributed by atoms with Crippen LogP contribution in [0.5, 0.6) is 5.75 Å². The van der Waals surface area contributed by atoms with Crippen molar-refractivity contribution in [2.24, 2.45) is 0 Å². The molecule has 0 aliphatic heterocycles. The normalized spacial score (nSPS) is 11.1. The molecule has 7 nitrogen and oxygen atoms in total. The lowest BCUT2D eigenvalue weighted by Gasteiger charge is -2.10. The Kier molecular flexibility index (Phi) is 5.86. The lowest BCUT2D eigenvalue weighted by atomic mass is 10.1. The van der Waals surface area contributed by atoms with Crippen LogP contribution in [0.25, 0.3) is 17.0 Å². The number of methoxy groups -OCH3 is 1. The number of nitriles is 1. The van der Waals surface area contributed by atoms with Crippen LogP contribution in [0.1, 0.15) is 5.56 Å². The van der Waals surface area contributed by atoms with Crippen LogP contribution in [0.3, 0.4) is 0 Å². The Balaban J connectivity index is 1.98. The van der Waals surface area contributed by atoms with E-state index in [1.807, 2.05) is 6.07 Å². The summed E-state index contributed by atoms with van der Waals surface area (Å²) in [7, 11) is 1.46. The molecular formula is C21H16ClN3O4. The van der Waals surface area contributed by atoms with Crippen molar-refractivity contribution in [3.8, 4) is 11.8 Å². The maximum Gasteiger partial charge on any atom is 0.323 e. The van der Waals surface area contributed by atoms with Gasteiger partial charge in [0.15, 0.2) is 0 Å². The maximum absolute atomic E-state index is 12.6. The number of para-hydroxylation sites is 1. The van der Waals surface area contributed by atoms with Crippen LogP contribution in [0.4, 0.5) is 5.69 Å². The highest BCUT2D eigenvalue weighted by Crippen LogP contribution is 2.29. The predicted molar refractivity (Wildman–Crippen MR) is 110 cm³/mol. The van der Waals surface area contributed by atoms with Gasteiger partial charge in [-0.2, -0.15) is 5.26 Å². The smallest absolute Gasteiger partial charge is 0.323 e. The van der Waals surface area contributed by atoms with E-state index in [4.69, 9.17) is 21.4 Å². The molecule has 0 atom stereocenters. The molecule has 0 bridgehead atoms. The van der Waals surface area contributed by atoms with Gasteiger partial charge in [-0.15, -0.1) is 0 Å². The molecule has 0 spiro atoms. The molecule has 0 aliphatic rings. The van der Waals surface area contributed by atoms with Crippen molar-refractivity contribution >= 4 is 46.1 Å². The zero-order chi connectivity index (χ0) is 21.0. The number of carbonyl (C=O) groups is 2. The molecule has 0 aliphatic carbocycles. The van der Waals surface area contributed by atoms with E-state index in [1.54, 1.807) is 47.2 Å². The number of rotatable bonds is 6. The number of nitrogens with zero attached hydrogens (tertiary/aromatic N) is 2. The second-order valence-electron chi connectivity index (χ2n) is 6.09. The average Bonchev–Trinajstić information content (AvgIpc) is 3.03. The highest BCUT2D eigenvalue weighted by atomic mass is 35.5. The standard InChI is InChI=1S/C21H16ClN3O4/c1-29-19-7-6-15(22)9-17(19)24-21(28)13(10-23)8-14-11-25(12-20(26)27)18-5-3-2-4-16(14)18/h2-9,11H,12H2,1H3,(H,24,28)(H,26,27). The van der Waals surface area contributed by atoms with Crippen molar-refractivity contribution < 1.29 is 19.4 Å². The van der Waals surface area contributed by atoms with Crippen molar-refractivity contribution in [1.82, 2.24) is 4.57 Å². The van der Waals surface area contributed by atoms with Crippen LogP contribution in [-0.4, -0.2) is 28.7 Å². The summed E-state index contributed by atoms with van der Waals surface area (Å²) in [5.74, 6) is -1.23. The van der Waals surface area contributed by atoms with Crippen LogP contribution in [0.15, 0.2) is 54.2 Å². The number of aromatic nitrogens is 1. The minimum absolute atomic E-state index is 0.148. The molecule has 2 N–H and O–H groups in total. The summed E-state index contributed by atoms with van der Waals surface area (Å²) in [6.45, 7) is -0.234. The number of carbonyl (C=O) groups excluding carboxylic acids is 1. The summed E-state index contributed by atoms with van der Waals surface area (Å²) in [5.41, 5.74) is 1.44. The van der Waals surface area contributed by atoms with Gasteiger partial charge in [0.05, 0.1) is 12.8 Å². The summed E-state index contributed by atoms with van der Waals surface area (Å²) in [4.78, 5) is 23.8. The molecule has 3 rings (SSSR count). The first-order valence-corrected chi connectivity index (χ1v) is 8.87. The third-order valence-corrected chi connectivity index (χ3v) is 4.43. The average molecular weight is 410 g/mol. The Morgan fingerprint density at radius 2 is 2.07 bits per heavy atom. The molecular weight excluding hydrogens is 394 g/mol. The Morgan fingerprint density at radius 1 is 1.31 bits per heavy atom. The van der Waals surface area contributed by atoms with E-state index in [2.05, 4.69) is 5.32 Å². The number of benzene rings is 2. The van der Waals surface area contributed by atoms with E-state index < -0.39 is 11.9 Å². The van der Waals surface area contributed by atoms with Crippen molar-refractivity contribution in [1.29, 1.82) is 5.26 Å². The largest absolute Gasteiger partial charge is 0.495 e. The van der Waals surface area contributed by atoms with Crippen LogP contribution in [0, 0.1) is 11.3 Å². The first-order valence-electron chi connectivity index (χ1n) is 8.49. The second-order valence-corrected chi connectivity index (χ2v) is 6.53. The Morgan fingerprint density at radius 3 is 2.76 bits per heavy atom. The molecule has 8 heteroatoms. The van der Waals surface area contributed by atoms with E-state index in [0.29, 0.717) is 27.5 Å². The highest BCUT2D eigenvalue weighted by Gasteiger charge is 2.15. The lowest BCUT2D eigenvalue weighted by molar-refractivity contribution is -0.137. The van der Waals surface area contributed by atoms with Crippen molar-refractivity contribution in [2.75, 3.05) is 12.4 Å². The fourth-order valence-electron chi connectivity index (χ4n) is 2.94. The molecule has 0 saturated carbocycles. The summed E-state index contributed by atoms with van der Waals surface area (Å²) in [5, 5.41) is 22.4. The molecule has 0 unspecified atom stereocenters. The fourth-order valence-corrected chi connectivity index (χ4v) is 3.11. The topological polar surface area (TPSA) is 104 Å². The molecule has 1 heterocycles. The molecule has 1 amide bonds. The van der Waals surface area contributed by atoms with E-state index in [9.17, 15) is 14.9 Å². The first-order chi connectivity index (χ1) is 13.9. The van der Waals surface area contributed by atoms with Crippen LogP contribution in [0.2, 0.25) is 5.02 Å². The van der Waals surface area contributed by atoms with Gasteiger partial charge >= 0.3 is 5.97 Å². The molecule has 146 valence electrons. The monoisotopic (exact) mass is 409 g/mol. The third kappa shape index (κ3) is 4.39. The number of carboxylic acids is 1. The molecule has 29 heavy (non-hydrogen) atoms. The number of ether oxygens (including phenoxy) is 1. The summed E-state index contributed by atoms with van der Waals surface area (Å²) < 4.78 is 6.75. The van der Waals surface area contributed by atoms with E-state index in [-0.39, 0.29) is 12.1 Å². The fraction of sp³-hybridized carbons (Fsp3) is 0.0952. The first kappa shape index (κ1) is 20.0. The van der Waals surface area contributed by atoms with Crippen LogP contribution >= 0.6 is 11.6 Å². The van der Waals surface area contributed by atoms with Crippen LogP contribution in [-0.2, 0) is 16.1 Å². The number of halogens is 1.